The molecule has 0 radical (unpaired) electrons. The Balaban J connectivity index is 1.02. The van der Waals surface area contributed by atoms with Crippen LogP contribution in [-0.2, 0) is 5.41 Å². The van der Waals surface area contributed by atoms with E-state index in [0.717, 1.165) is 56.0 Å². The molecule has 64 heavy (non-hydrogen) atoms. The molecule has 1 aromatic heterocycles. The second-order valence-electron chi connectivity index (χ2n) is 17.7. The molecule has 0 bridgehead atoms. The first-order valence-corrected chi connectivity index (χ1v) is 21.9. The van der Waals surface area contributed by atoms with Crippen LogP contribution in [0.5, 0.6) is 11.5 Å². The van der Waals surface area contributed by atoms with Gasteiger partial charge in [-0.25, -0.2) is 15.0 Å². The molecule has 0 saturated heterocycles. The van der Waals surface area contributed by atoms with Crippen molar-refractivity contribution in [1.29, 1.82) is 0 Å². The zero-order valence-electron chi connectivity index (χ0n) is 35.6. The number of aromatic nitrogens is 3. The molecule has 5 nitrogen and oxygen atoms in total. The zero-order valence-corrected chi connectivity index (χ0v) is 35.6. The highest BCUT2D eigenvalue weighted by Crippen LogP contribution is 2.58. The number of rotatable bonds is 4. The van der Waals surface area contributed by atoms with Gasteiger partial charge in [-0.15, -0.1) is 0 Å². The standard InChI is InChI=1S/C59H40N4O/c1-35-25-26-44-45(27-35)42-23-12-13-24-43(42)46-31-48-49-33-55-53(34-51(49)59(2,3)50(48)32-47(44)46)63(52-29-38-19-10-11-20-39(38)30-54(52)64-55)41-22-14-21-40(28-41)58-61-56(36-15-6-4-7-16-36)60-57(62-58)37-17-8-5-9-18-37/h4-34H,1-3H3. The number of hydrogen-bond acceptors (Lipinski definition) is 5. The molecule has 2 aliphatic rings. The molecule has 0 N–H and O–H groups in total. The molecular weight excluding hydrogens is 781 g/mol. The third-order valence-corrected chi connectivity index (χ3v) is 13.5. The van der Waals surface area contributed by atoms with Crippen LogP contribution in [0.25, 0.3) is 88.4 Å². The Morgan fingerprint density at radius 1 is 0.406 bits per heavy atom. The lowest BCUT2D eigenvalue weighted by atomic mass is 9.81. The average Bonchev–Trinajstić information content (AvgIpc) is 3.55. The fourth-order valence-corrected chi connectivity index (χ4v) is 10.3. The van der Waals surface area contributed by atoms with Crippen molar-refractivity contribution in [2.45, 2.75) is 26.2 Å². The molecule has 1 aliphatic carbocycles. The molecule has 2 heterocycles. The normalized spacial score (nSPS) is 13.5. The van der Waals surface area contributed by atoms with Gasteiger partial charge < -0.3 is 9.64 Å². The van der Waals surface area contributed by atoms with Crippen LogP contribution in [0.3, 0.4) is 0 Å². The molecule has 1 aliphatic heterocycles. The van der Waals surface area contributed by atoms with Gasteiger partial charge in [0.25, 0.3) is 0 Å². The molecule has 10 aromatic carbocycles. The number of hydrogen-bond donors (Lipinski definition) is 0. The molecule has 0 spiro atoms. The molecule has 0 fully saturated rings. The third kappa shape index (κ3) is 5.53. The lowest BCUT2D eigenvalue weighted by molar-refractivity contribution is 0.477. The monoisotopic (exact) mass is 820 g/mol. The molecule has 302 valence electrons. The SMILES string of the molecule is Cc1ccc2c(c1)c1ccccc1c1cc3c(cc21)C(C)(C)c1cc2c(cc1-3)Oc1cc3ccccc3cc1N2c1cccc(-c2nc(-c3ccccc3)nc(-c3ccccc3)n2)c1. The summed E-state index contributed by atoms with van der Waals surface area (Å²) in [5.74, 6) is 3.48. The molecule has 0 amide bonds. The van der Waals surface area contributed by atoms with Crippen LogP contribution < -0.4 is 9.64 Å². The van der Waals surface area contributed by atoms with E-state index in [-0.39, 0.29) is 5.41 Å². The van der Waals surface area contributed by atoms with Crippen molar-refractivity contribution < 1.29 is 4.74 Å². The number of ether oxygens (including phenoxy) is 1. The molecule has 0 saturated carbocycles. The van der Waals surface area contributed by atoms with Crippen LogP contribution in [0.15, 0.2) is 188 Å². The number of aryl methyl sites for hydroxylation is 1. The first-order chi connectivity index (χ1) is 31.4. The summed E-state index contributed by atoms with van der Waals surface area (Å²) in [7, 11) is 0. The lowest BCUT2D eigenvalue weighted by Crippen LogP contribution is -2.19. The minimum atomic E-state index is -0.291. The van der Waals surface area contributed by atoms with E-state index in [1.807, 2.05) is 60.7 Å². The fourth-order valence-electron chi connectivity index (χ4n) is 10.3. The van der Waals surface area contributed by atoms with Crippen molar-refractivity contribution in [2.24, 2.45) is 0 Å². The molecular formula is C59H40N4O. The summed E-state index contributed by atoms with van der Waals surface area (Å²) in [6.45, 7) is 6.92. The predicted octanol–water partition coefficient (Wildman–Crippen LogP) is 15.7. The maximum atomic E-state index is 7.04. The Hall–Kier alpha value is -8.15. The summed E-state index contributed by atoms with van der Waals surface area (Å²) in [6.07, 6.45) is 0. The van der Waals surface area contributed by atoms with Crippen LogP contribution in [0, 0.1) is 6.92 Å². The van der Waals surface area contributed by atoms with Gasteiger partial charge in [0, 0.05) is 27.8 Å². The van der Waals surface area contributed by atoms with Gasteiger partial charge in [-0.1, -0.05) is 159 Å². The van der Waals surface area contributed by atoms with Gasteiger partial charge in [0.05, 0.1) is 11.4 Å². The summed E-state index contributed by atoms with van der Waals surface area (Å²) in [4.78, 5) is 17.5. The van der Waals surface area contributed by atoms with Crippen molar-refractivity contribution in [3.63, 3.8) is 0 Å². The van der Waals surface area contributed by atoms with Crippen molar-refractivity contribution >= 4 is 60.2 Å². The quantitative estimate of drug-likeness (QED) is 0.166. The van der Waals surface area contributed by atoms with Crippen molar-refractivity contribution in [2.75, 3.05) is 4.90 Å². The van der Waals surface area contributed by atoms with Gasteiger partial charge in [0.15, 0.2) is 29.0 Å². The van der Waals surface area contributed by atoms with E-state index in [1.54, 1.807) is 0 Å². The van der Waals surface area contributed by atoms with Gasteiger partial charge in [-0.05, 0) is 121 Å². The Kier molecular flexibility index (Phi) is 7.80. The van der Waals surface area contributed by atoms with Gasteiger partial charge >= 0.3 is 0 Å². The van der Waals surface area contributed by atoms with Crippen molar-refractivity contribution in [1.82, 2.24) is 15.0 Å². The number of nitrogens with zero attached hydrogens (tertiary/aromatic N) is 4. The molecule has 0 atom stereocenters. The second-order valence-corrected chi connectivity index (χ2v) is 17.7. The Labute approximate surface area is 370 Å². The topological polar surface area (TPSA) is 51.1 Å². The van der Waals surface area contributed by atoms with Crippen molar-refractivity contribution in [3.8, 4) is 56.8 Å². The Morgan fingerprint density at radius 2 is 0.922 bits per heavy atom. The number of benzene rings is 10. The third-order valence-electron chi connectivity index (χ3n) is 13.5. The van der Waals surface area contributed by atoms with Crippen LogP contribution in [0.2, 0.25) is 0 Å². The second kappa shape index (κ2) is 13.7. The van der Waals surface area contributed by atoms with Gasteiger partial charge in [0.2, 0.25) is 0 Å². The first kappa shape index (κ1) is 36.5. The molecule has 11 aromatic rings. The maximum Gasteiger partial charge on any atom is 0.164 e. The highest BCUT2D eigenvalue weighted by atomic mass is 16.5. The Morgan fingerprint density at radius 3 is 1.62 bits per heavy atom. The van der Waals surface area contributed by atoms with E-state index < -0.39 is 0 Å². The number of anilines is 3. The predicted molar refractivity (Wildman–Crippen MR) is 263 cm³/mol. The fraction of sp³-hybridized carbons (Fsp3) is 0.0678. The smallest absolute Gasteiger partial charge is 0.164 e. The maximum absolute atomic E-state index is 7.04. The van der Waals surface area contributed by atoms with Gasteiger partial charge in [0.1, 0.15) is 0 Å². The minimum Gasteiger partial charge on any atom is -0.453 e. The summed E-state index contributed by atoms with van der Waals surface area (Å²) < 4.78 is 7.04. The average molecular weight is 821 g/mol. The van der Waals surface area contributed by atoms with Crippen molar-refractivity contribution in [3.05, 3.63) is 205 Å². The summed E-state index contributed by atoms with van der Waals surface area (Å²) in [5.41, 5.74) is 11.7. The van der Waals surface area contributed by atoms with E-state index in [1.165, 1.54) is 60.1 Å². The molecule has 0 unspecified atom stereocenters. The summed E-state index contributed by atoms with van der Waals surface area (Å²) in [6, 6.07) is 67.1. The Bertz CT molecular complexity index is 3690. The summed E-state index contributed by atoms with van der Waals surface area (Å²) >= 11 is 0. The van der Waals surface area contributed by atoms with E-state index in [4.69, 9.17) is 19.7 Å². The van der Waals surface area contributed by atoms with Crippen LogP contribution in [0.1, 0.15) is 30.5 Å². The van der Waals surface area contributed by atoms with E-state index in [9.17, 15) is 0 Å². The van der Waals surface area contributed by atoms with E-state index >= 15 is 0 Å². The van der Waals surface area contributed by atoms with E-state index in [0.29, 0.717) is 17.5 Å². The minimum absolute atomic E-state index is 0.291. The molecule has 13 rings (SSSR count). The van der Waals surface area contributed by atoms with E-state index in [2.05, 4.69) is 153 Å². The van der Waals surface area contributed by atoms with Gasteiger partial charge in [-0.3, -0.25) is 0 Å². The highest BCUT2D eigenvalue weighted by molar-refractivity contribution is 6.26. The summed E-state index contributed by atoms with van der Waals surface area (Å²) in [5, 5.41) is 9.97. The van der Waals surface area contributed by atoms with Crippen LogP contribution in [-0.4, -0.2) is 15.0 Å². The largest absolute Gasteiger partial charge is 0.453 e. The van der Waals surface area contributed by atoms with Crippen LogP contribution >= 0.6 is 0 Å². The lowest BCUT2D eigenvalue weighted by Gasteiger charge is -2.35. The molecule has 5 heteroatoms. The first-order valence-electron chi connectivity index (χ1n) is 21.9. The van der Waals surface area contributed by atoms with Gasteiger partial charge in [-0.2, -0.15) is 0 Å². The van der Waals surface area contributed by atoms with Crippen LogP contribution in [0.4, 0.5) is 17.1 Å². The number of fused-ring (bicyclic) bond motifs is 12. The zero-order chi connectivity index (χ0) is 42.7. The highest BCUT2D eigenvalue weighted by Gasteiger charge is 2.39.